The van der Waals surface area contributed by atoms with Crippen molar-refractivity contribution in [1.29, 1.82) is 0 Å². The molecule has 0 saturated carbocycles. The van der Waals surface area contributed by atoms with Crippen LogP contribution in [0.4, 0.5) is 4.79 Å². The number of halogens is 2. The van der Waals surface area contributed by atoms with Crippen molar-refractivity contribution in [3.8, 4) is 11.5 Å². The van der Waals surface area contributed by atoms with E-state index >= 15 is 0 Å². The van der Waals surface area contributed by atoms with Gasteiger partial charge in [-0.15, -0.1) is 23.5 Å². The molecular formula is C17H16Cl2O5S2. The summed E-state index contributed by atoms with van der Waals surface area (Å²) in [7, 11) is 0. The number of hydrogen-bond acceptors (Lipinski definition) is 7. The van der Waals surface area contributed by atoms with Gasteiger partial charge in [0.05, 0.1) is 10.0 Å². The molecule has 0 fully saturated rings. The normalized spacial score (nSPS) is 10.5. The lowest BCUT2D eigenvalue weighted by Crippen LogP contribution is -2.11. The Morgan fingerprint density at radius 1 is 0.846 bits per heavy atom. The number of ether oxygens (including phenoxy) is 2. The topological polar surface area (TPSA) is 76.0 Å². The first-order chi connectivity index (χ1) is 12.5. The zero-order valence-corrected chi connectivity index (χ0v) is 16.6. The Bertz CT molecular complexity index is 696. The van der Waals surface area contributed by atoms with Crippen molar-refractivity contribution >= 4 is 52.9 Å². The summed E-state index contributed by atoms with van der Waals surface area (Å²) in [5, 5.41) is 19.2. The monoisotopic (exact) mass is 434 g/mol. The van der Waals surface area contributed by atoms with Crippen molar-refractivity contribution in [2.75, 3.05) is 24.7 Å². The minimum atomic E-state index is -0.723. The van der Waals surface area contributed by atoms with Crippen LogP contribution in [0.2, 0.25) is 10.0 Å². The van der Waals surface area contributed by atoms with E-state index < -0.39 is 6.16 Å². The number of aromatic hydroxyl groups is 2. The molecule has 0 aliphatic heterocycles. The zero-order chi connectivity index (χ0) is 18.9. The molecule has 0 unspecified atom stereocenters. The van der Waals surface area contributed by atoms with Gasteiger partial charge in [-0.2, -0.15) is 0 Å². The predicted molar refractivity (Wildman–Crippen MR) is 105 cm³/mol. The number of benzene rings is 2. The van der Waals surface area contributed by atoms with E-state index in [4.69, 9.17) is 32.7 Å². The highest BCUT2D eigenvalue weighted by Gasteiger charge is 2.06. The summed E-state index contributed by atoms with van der Waals surface area (Å²) < 4.78 is 9.95. The molecule has 2 rings (SSSR count). The van der Waals surface area contributed by atoms with Gasteiger partial charge in [0, 0.05) is 21.3 Å². The lowest BCUT2D eigenvalue weighted by Gasteiger charge is -2.07. The van der Waals surface area contributed by atoms with Crippen LogP contribution in [-0.2, 0) is 9.47 Å². The average Bonchev–Trinajstić information content (AvgIpc) is 2.61. The van der Waals surface area contributed by atoms with Crippen LogP contribution in [0.3, 0.4) is 0 Å². The van der Waals surface area contributed by atoms with E-state index in [1.54, 1.807) is 24.3 Å². The number of carbonyl (C=O) groups is 1. The molecule has 140 valence electrons. The maximum absolute atomic E-state index is 11.5. The lowest BCUT2D eigenvalue weighted by molar-refractivity contribution is 0.0645. The minimum absolute atomic E-state index is 0.0308. The zero-order valence-electron chi connectivity index (χ0n) is 13.5. The molecule has 0 spiro atoms. The maximum Gasteiger partial charge on any atom is 0.508 e. The molecule has 9 heteroatoms. The Labute approximate surface area is 169 Å². The first-order valence-electron chi connectivity index (χ1n) is 7.48. The van der Waals surface area contributed by atoms with E-state index in [9.17, 15) is 15.0 Å². The van der Waals surface area contributed by atoms with Gasteiger partial charge >= 0.3 is 6.16 Å². The second kappa shape index (κ2) is 10.7. The molecule has 0 aliphatic carbocycles. The molecule has 0 saturated heterocycles. The number of thioether (sulfide) groups is 2. The molecule has 0 radical (unpaired) electrons. The third-order valence-corrected chi connectivity index (χ3v) is 5.50. The van der Waals surface area contributed by atoms with Gasteiger partial charge in [-0.1, -0.05) is 23.2 Å². The molecule has 2 N–H and O–H groups in total. The second-order valence-corrected chi connectivity index (χ2v) is 8.02. The van der Waals surface area contributed by atoms with Gasteiger partial charge in [0.1, 0.15) is 24.7 Å². The SMILES string of the molecule is O=C(OCCSc1ccc(O)c(Cl)c1)OCCSc1ccc(O)c(Cl)c1. The molecule has 0 amide bonds. The first-order valence-corrected chi connectivity index (χ1v) is 10.2. The van der Waals surface area contributed by atoms with Crippen molar-refractivity contribution in [3.63, 3.8) is 0 Å². The van der Waals surface area contributed by atoms with Crippen LogP contribution in [0.1, 0.15) is 0 Å². The Balaban J connectivity index is 1.57. The summed E-state index contributed by atoms with van der Waals surface area (Å²) in [6.45, 7) is 0.394. The first kappa shape index (κ1) is 20.9. The summed E-state index contributed by atoms with van der Waals surface area (Å²) in [5.41, 5.74) is 0. The minimum Gasteiger partial charge on any atom is -0.506 e. The summed E-state index contributed by atoms with van der Waals surface area (Å²) in [6.07, 6.45) is -0.723. The Morgan fingerprint density at radius 3 is 1.65 bits per heavy atom. The highest BCUT2D eigenvalue weighted by atomic mass is 35.5. The Kier molecular flexibility index (Phi) is 8.58. The molecule has 2 aromatic rings. The fourth-order valence-corrected chi connectivity index (χ4v) is 3.79. The fraction of sp³-hybridized carbons (Fsp3) is 0.235. The van der Waals surface area contributed by atoms with Crippen LogP contribution in [0.5, 0.6) is 11.5 Å². The lowest BCUT2D eigenvalue weighted by atomic mass is 10.3. The van der Waals surface area contributed by atoms with Crippen LogP contribution in [-0.4, -0.2) is 41.1 Å². The summed E-state index contributed by atoms with van der Waals surface area (Å²) in [5.74, 6) is 1.14. The molecule has 26 heavy (non-hydrogen) atoms. The van der Waals surface area contributed by atoms with Crippen LogP contribution >= 0.6 is 46.7 Å². The van der Waals surface area contributed by atoms with Crippen LogP contribution in [0.15, 0.2) is 46.2 Å². The van der Waals surface area contributed by atoms with Crippen molar-refractivity contribution in [2.45, 2.75) is 9.79 Å². The van der Waals surface area contributed by atoms with Crippen molar-refractivity contribution in [3.05, 3.63) is 46.4 Å². The largest absolute Gasteiger partial charge is 0.508 e. The van der Waals surface area contributed by atoms with E-state index in [1.165, 1.54) is 35.7 Å². The number of rotatable bonds is 8. The standard InChI is InChI=1S/C17H16Cl2O5S2/c18-13-9-11(1-3-15(13)20)25-7-5-23-17(22)24-6-8-26-12-2-4-16(21)14(19)10-12/h1-4,9-10,20-21H,5-8H2. The third kappa shape index (κ3) is 7.07. The van der Waals surface area contributed by atoms with E-state index in [0.717, 1.165) is 9.79 Å². The molecular weight excluding hydrogens is 419 g/mol. The van der Waals surface area contributed by atoms with Crippen molar-refractivity contribution < 1.29 is 24.5 Å². The van der Waals surface area contributed by atoms with E-state index in [1.807, 2.05) is 0 Å². The fourth-order valence-electron chi connectivity index (χ4n) is 1.77. The number of phenolic OH excluding ortho intramolecular Hbond substituents is 2. The van der Waals surface area contributed by atoms with E-state index in [0.29, 0.717) is 11.5 Å². The Morgan fingerprint density at radius 2 is 1.27 bits per heavy atom. The van der Waals surface area contributed by atoms with Gasteiger partial charge in [0.15, 0.2) is 0 Å². The van der Waals surface area contributed by atoms with Gasteiger partial charge in [-0.05, 0) is 36.4 Å². The third-order valence-electron chi connectivity index (χ3n) is 2.98. The van der Waals surface area contributed by atoms with Gasteiger partial charge in [-0.25, -0.2) is 4.79 Å². The van der Waals surface area contributed by atoms with Gasteiger partial charge in [0.25, 0.3) is 0 Å². The van der Waals surface area contributed by atoms with Crippen LogP contribution in [0.25, 0.3) is 0 Å². The van der Waals surface area contributed by atoms with Gasteiger partial charge in [-0.3, -0.25) is 0 Å². The highest BCUT2D eigenvalue weighted by Crippen LogP contribution is 2.29. The maximum atomic E-state index is 11.5. The predicted octanol–water partition coefficient (Wildman–Crippen LogP) is 5.44. The van der Waals surface area contributed by atoms with E-state index in [-0.39, 0.29) is 34.8 Å². The molecule has 0 aliphatic rings. The molecule has 0 bridgehead atoms. The summed E-state index contributed by atoms with van der Waals surface area (Å²) >= 11 is 14.5. The smallest absolute Gasteiger partial charge is 0.506 e. The van der Waals surface area contributed by atoms with Crippen LogP contribution < -0.4 is 0 Å². The summed E-state index contributed by atoms with van der Waals surface area (Å²) in [4.78, 5) is 13.2. The molecule has 0 atom stereocenters. The van der Waals surface area contributed by atoms with Gasteiger partial charge < -0.3 is 19.7 Å². The van der Waals surface area contributed by atoms with Crippen molar-refractivity contribution in [1.82, 2.24) is 0 Å². The Hall–Kier alpha value is -1.41. The highest BCUT2D eigenvalue weighted by molar-refractivity contribution is 7.99. The number of hydrogen-bond donors (Lipinski definition) is 2. The quantitative estimate of drug-likeness (QED) is 0.325. The van der Waals surface area contributed by atoms with Crippen molar-refractivity contribution in [2.24, 2.45) is 0 Å². The van der Waals surface area contributed by atoms with Crippen LogP contribution in [0, 0.1) is 0 Å². The molecule has 0 aromatic heterocycles. The number of phenols is 2. The van der Waals surface area contributed by atoms with E-state index in [2.05, 4.69) is 0 Å². The average molecular weight is 435 g/mol. The summed E-state index contributed by atoms with van der Waals surface area (Å²) in [6, 6.07) is 9.78. The molecule has 0 heterocycles. The molecule has 5 nitrogen and oxygen atoms in total. The van der Waals surface area contributed by atoms with Gasteiger partial charge in [0.2, 0.25) is 0 Å². The number of carbonyl (C=O) groups excluding carboxylic acids is 1. The second-order valence-electron chi connectivity index (χ2n) is 4.87. The molecule has 2 aromatic carbocycles.